The van der Waals surface area contributed by atoms with Gasteiger partial charge in [-0.3, -0.25) is 4.79 Å². The number of unbranched alkanes of at least 4 members (excludes halogenated alkanes) is 2. The fourth-order valence-corrected chi connectivity index (χ4v) is 2.16. The third kappa shape index (κ3) is 56.2. The number of hydrogen-bond acceptors (Lipinski definition) is 10. The van der Waals surface area contributed by atoms with Crippen LogP contribution in [0.15, 0.2) is 76.1 Å². The van der Waals surface area contributed by atoms with Crippen molar-refractivity contribution in [1.29, 1.82) is 0 Å². The molecule has 0 saturated carbocycles. The number of rotatable bonds is 18. The molecule has 0 aliphatic heterocycles. The molecule has 45 heavy (non-hydrogen) atoms. The van der Waals surface area contributed by atoms with Gasteiger partial charge in [-0.2, -0.15) is 0 Å². The third-order valence-corrected chi connectivity index (χ3v) is 4.57. The first-order valence-electron chi connectivity index (χ1n) is 14.9. The van der Waals surface area contributed by atoms with Crippen LogP contribution in [-0.2, 0) is 47.7 Å². The molecule has 0 heterocycles. The van der Waals surface area contributed by atoms with Crippen LogP contribution in [0.1, 0.15) is 80.1 Å². The highest BCUT2D eigenvalue weighted by molar-refractivity contribution is 5.82. The van der Waals surface area contributed by atoms with E-state index in [4.69, 9.17) is 9.47 Å². The summed E-state index contributed by atoms with van der Waals surface area (Å²) >= 11 is 0. The number of esters is 5. The Bertz CT molecular complexity index is 843. The molecule has 0 N–H and O–H groups in total. The van der Waals surface area contributed by atoms with Crippen LogP contribution in [0.4, 0.5) is 0 Å². The Labute approximate surface area is 271 Å². The largest absolute Gasteiger partial charge is 0.463 e. The minimum Gasteiger partial charge on any atom is -0.463 e. The van der Waals surface area contributed by atoms with Crippen LogP contribution in [0.5, 0.6) is 0 Å². The second kappa shape index (κ2) is 41.9. The molecule has 0 aliphatic rings. The summed E-state index contributed by atoms with van der Waals surface area (Å²) in [5.41, 5.74) is 0. The van der Waals surface area contributed by atoms with Crippen molar-refractivity contribution in [2.75, 3.05) is 26.4 Å². The molecule has 0 aromatic carbocycles. The fraction of sp³-hybridized carbons (Fsp3) is 0.514. The van der Waals surface area contributed by atoms with Crippen LogP contribution in [0, 0.1) is 11.8 Å². The van der Waals surface area contributed by atoms with Crippen LogP contribution < -0.4 is 0 Å². The Morgan fingerprint density at radius 3 is 1.42 bits per heavy atom. The van der Waals surface area contributed by atoms with E-state index in [1.54, 1.807) is 0 Å². The molecule has 0 radical (unpaired) electrons. The molecule has 0 aromatic heterocycles. The molecule has 10 heteroatoms. The normalized spacial score (nSPS) is 9.31. The average molecular weight is 639 g/mol. The molecule has 258 valence electrons. The second-order valence-corrected chi connectivity index (χ2v) is 9.10. The van der Waals surface area contributed by atoms with E-state index >= 15 is 0 Å². The lowest BCUT2D eigenvalue weighted by Gasteiger charge is -2.13. The maximum absolute atomic E-state index is 10.8. The zero-order chi connectivity index (χ0) is 35.9. The zero-order valence-corrected chi connectivity index (χ0v) is 28.5. The van der Waals surface area contributed by atoms with Gasteiger partial charge in [-0.05, 0) is 24.7 Å². The molecule has 0 aliphatic carbocycles. The summed E-state index contributed by atoms with van der Waals surface area (Å²) in [4.78, 5) is 51.4. The van der Waals surface area contributed by atoms with Crippen LogP contribution in [0.25, 0.3) is 0 Å². The lowest BCUT2D eigenvalue weighted by atomic mass is 10.0. The average Bonchev–Trinajstić information content (AvgIpc) is 3.03. The minimum absolute atomic E-state index is 0.255. The summed E-state index contributed by atoms with van der Waals surface area (Å²) in [7, 11) is 0. The Balaban J connectivity index is -0.000000152. The van der Waals surface area contributed by atoms with E-state index in [2.05, 4.69) is 67.5 Å². The third-order valence-electron chi connectivity index (χ3n) is 4.57. The highest BCUT2D eigenvalue weighted by atomic mass is 16.5. The van der Waals surface area contributed by atoms with Crippen LogP contribution >= 0.6 is 0 Å². The van der Waals surface area contributed by atoms with Crippen molar-refractivity contribution in [3.63, 3.8) is 0 Å². The Morgan fingerprint density at radius 2 is 1.09 bits per heavy atom. The Hall–Kier alpha value is -4.21. The molecule has 0 amide bonds. The topological polar surface area (TPSA) is 132 Å². The molecule has 0 saturated heterocycles. The van der Waals surface area contributed by atoms with Gasteiger partial charge in [0.1, 0.15) is 6.61 Å². The number of carbonyl (C=O) groups excluding carboxylic acids is 5. The number of ether oxygens (including phenoxy) is 5. The van der Waals surface area contributed by atoms with E-state index < -0.39 is 5.97 Å². The molecule has 1 unspecified atom stereocenters. The van der Waals surface area contributed by atoms with Crippen LogP contribution in [0.2, 0.25) is 0 Å². The van der Waals surface area contributed by atoms with Gasteiger partial charge < -0.3 is 23.7 Å². The van der Waals surface area contributed by atoms with Crippen molar-refractivity contribution in [2.45, 2.75) is 80.1 Å². The smallest absolute Gasteiger partial charge is 0.330 e. The molecule has 1 atom stereocenters. The maximum Gasteiger partial charge on any atom is 0.330 e. The van der Waals surface area contributed by atoms with Gasteiger partial charge in [-0.15, -0.1) is 0 Å². The zero-order valence-electron chi connectivity index (χ0n) is 28.5. The van der Waals surface area contributed by atoms with E-state index in [0.29, 0.717) is 31.7 Å². The van der Waals surface area contributed by atoms with Crippen molar-refractivity contribution in [2.24, 2.45) is 11.8 Å². The molecule has 10 nitrogen and oxygen atoms in total. The lowest BCUT2D eigenvalue weighted by molar-refractivity contribution is -0.139. The van der Waals surface area contributed by atoms with E-state index in [1.165, 1.54) is 44.1 Å². The van der Waals surface area contributed by atoms with Crippen molar-refractivity contribution in [1.82, 2.24) is 0 Å². The quantitative estimate of drug-likeness (QED) is 0.0373. The SMILES string of the molecule is C=CC(=O)OCC(C)C.C=CC(=O)OCC(CC)CCCC.C=CC(=O)OCCCC.C=CCOC(=O)C=C.C=COC(C)=O. The molecule has 0 spiro atoms. The van der Waals surface area contributed by atoms with Gasteiger partial charge in [0.05, 0.1) is 26.1 Å². The van der Waals surface area contributed by atoms with Gasteiger partial charge in [0.25, 0.3) is 0 Å². The first kappa shape index (κ1) is 50.4. The van der Waals surface area contributed by atoms with E-state index in [-0.39, 0.29) is 30.5 Å². The van der Waals surface area contributed by atoms with Crippen molar-refractivity contribution >= 4 is 29.8 Å². The summed E-state index contributed by atoms with van der Waals surface area (Å²) < 4.78 is 23.0. The standard InChI is InChI=1S/C11H20O2.2C7H12O2.C6H8O2.C4H6O2/c1-4-7-8-10(5-2)9-13-11(12)6-3;1-4-7(8)9-5-6(2)3;1-3-5-6-9-7(8)4-2;1-3-5-8-6(7)4-2;1-3-6-4(2)5/h6,10H,3-5,7-9H2,1-2H3;4,6H,1,5H2,2-3H3;4H,2-3,5-6H2,1H3;3-4H,1-2,5H2;3H,1H2,2H3. The molecule has 0 bridgehead atoms. The molecule has 0 rings (SSSR count). The second-order valence-electron chi connectivity index (χ2n) is 9.10. The van der Waals surface area contributed by atoms with E-state index in [1.807, 2.05) is 20.8 Å². The minimum atomic E-state index is -0.412. The molecular formula is C35H58O10. The van der Waals surface area contributed by atoms with E-state index in [0.717, 1.165) is 38.0 Å². The lowest BCUT2D eigenvalue weighted by Crippen LogP contribution is -2.12. The number of carbonyl (C=O) groups is 5. The first-order chi connectivity index (χ1) is 21.3. The summed E-state index contributed by atoms with van der Waals surface area (Å²) in [6.45, 7) is 33.0. The van der Waals surface area contributed by atoms with Gasteiger partial charge in [0.15, 0.2) is 0 Å². The van der Waals surface area contributed by atoms with Crippen molar-refractivity contribution in [3.05, 3.63) is 76.1 Å². The Kier molecular flexibility index (Phi) is 47.0. The molecule has 0 fully saturated rings. The van der Waals surface area contributed by atoms with Crippen molar-refractivity contribution < 1.29 is 47.7 Å². The summed E-state index contributed by atoms with van der Waals surface area (Å²) in [6.07, 6.45) is 13.9. The fourth-order valence-electron chi connectivity index (χ4n) is 2.16. The highest BCUT2D eigenvalue weighted by Crippen LogP contribution is 2.12. The van der Waals surface area contributed by atoms with Gasteiger partial charge >= 0.3 is 29.8 Å². The summed E-state index contributed by atoms with van der Waals surface area (Å²) in [5.74, 6) is -0.810. The van der Waals surface area contributed by atoms with Crippen LogP contribution in [0.3, 0.4) is 0 Å². The number of hydrogen-bond donors (Lipinski definition) is 0. The van der Waals surface area contributed by atoms with Crippen molar-refractivity contribution in [3.8, 4) is 0 Å². The summed E-state index contributed by atoms with van der Waals surface area (Å²) in [6, 6.07) is 0. The molecular weight excluding hydrogens is 580 g/mol. The van der Waals surface area contributed by atoms with Gasteiger partial charge in [-0.25, -0.2) is 19.2 Å². The van der Waals surface area contributed by atoms with Gasteiger partial charge in [0.2, 0.25) is 0 Å². The van der Waals surface area contributed by atoms with Gasteiger partial charge in [-0.1, -0.05) is 106 Å². The Morgan fingerprint density at radius 1 is 0.644 bits per heavy atom. The first-order valence-corrected chi connectivity index (χ1v) is 14.9. The van der Waals surface area contributed by atoms with E-state index in [9.17, 15) is 24.0 Å². The maximum atomic E-state index is 10.8. The van der Waals surface area contributed by atoms with Crippen LogP contribution in [-0.4, -0.2) is 56.3 Å². The predicted molar refractivity (Wildman–Crippen MR) is 180 cm³/mol. The monoisotopic (exact) mass is 638 g/mol. The van der Waals surface area contributed by atoms with Gasteiger partial charge in [0, 0.05) is 31.2 Å². The summed E-state index contributed by atoms with van der Waals surface area (Å²) in [5, 5.41) is 0. The predicted octanol–water partition coefficient (Wildman–Crippen LogP) is 7.41. The highest BCUT2D eigenvalue weighted by Gasteiger charge is 2.07. The molecule has 0 aromatic rings.